The van der Waals surface area contributed by atoms with Crippen LogP contribution in [0.1, 0.15) is 32.2 Å². The number of hydrogen-bond donors (Lipinski definition) is 0. The first kappa shape index (κ1) is 30.9. The predicted molar refractivity (Wildman–Crippen MR) is 189 cm³/mol. The van der Waals surface area contributed by atoms with E-state index in [2.05, 4.69) is 107 Å². The van der Waals surface area contributed by atoms with Crippen molar-refractivity contribution < 1.29 is 21.5 Å². The van der Waals surface area contributed by atoms with Gasteiger partial charge in [0.25, 0.3) is 0 Å². The van der Waals surface area contributed by atoms with Crippen molar-refractivity contribution in [2.24, 2.45) is 0 Å². The molecule has 0 unspecified atom stereocenters. The molecule has 0 saturated carbocycles. The molecule has 5 heteroatoms. The first-order chi connectivity index (χ1) is 21.0. The van der Waals surface area contributed by atoms with Crippen LogP contribution in [0.25, 0.3) is 53.5 Å². The molecule has 0 aliphatic rings. The molecule has 223 valence electrons. The van der Waals surface area contributed by atoms with E-state index in [9.17, 15) is 0 Å². The van der Waals surface area contributed by atoms with Gasteiger partial charge in [0.15, 0.2) is 0 Å². The van der Waals surface area contributed by atoms with E-state index in [1.54, 1.807) is 17.5 Å². The van der Waals surface area contributed by atoms with Gasteiger partial charge >= 0.3 is 106 Å². The maximum atomic E-state index is 8.34. The summed E-state index contributed by atoms with van der Waals surface area (Å²) in [6.07, 6.45) is 3.88. The monoisotopic (exact) mass is 832 g/mol. The van der Waals surface area contributed by atoms with Crippen LogP contribution in [0.4, 0.5) is 0 Å². The molecule has 0 spiro atoms. The van der Waals surface area contributed by atoms with Crippen LogP contribution < -0.4 is 4.40 Å². The summed E-state index contributed by atoms with van der Waals surface area (Å²) < 4.78 is 12.3. The quantitative estimate of drug-likeness (QED) is 0.130. The van der Waals surface area contributed by atoms with Crippen LogP contribution in [0.3, 0.4) is 0 Å². The molecule has 0 bridgehead atoms. The third-order valence-electron chi connectivity index (χ3n) is 7.82. The van der Waals surface area contributed by atoms with Crippen LogP contribution in [0.5, 0.6) is 0 Å². The number of rotatable bonds is 4. The number of benzene rings is 4. The molecule has 0 N–H and O–H groups in total. The van der Waals surface area contributed by atoms with Crippen molar-refractivity contribution in [2.75, 3.05) is 0 Å². The Balaban J connectivity index is 0.000000193. The number of thiophene rings is 1. The Hall–Kier alpha value is -3.15. The van der Waals surface area contributed by atoms with Gasteiger partial charge in [0.1, 0.15) is 0 Å². The minimum atomic E-state index is -1.77. The van der Waals surface area contributed by atoms with E-state index in [1.807, 2.05) is 50.2 Å². The zero-order valence-corrected chi connectivity index (χ0v) is 31.3. The summed E-state index contributed by atoms with van der Waals surface area (Å²) >= 11 is 0.0206. The number of aryl methyl sites for hydroxylation is 1. The topological polar surface area (TPSA) is 25.8 Å². The fourth-order valence-corrected chi connectivity index (χ4v) is 10.4. The Labute approximate surface area is 282 Å². The molecular weight excluding hydrogens is 793 g/mol. The SMILES string of the molecule is Cc1cc(-c2[c-]cccc2)nc[c]1[Ge]([CH3])([CH3])[CH3].[2H]C(C)(C)c1ccnc(-c2[c-]ccc3c2sc2ccc4ccccc4c23)c1.[Ir]. The number of pyridine rings is 2. The van der Waals surface area contributed by atoms with Crippen molar-refractivity contribution in [1.29, 1.82) is 0 Å². The molecular formula is C39H36GeIrN2S-2. The summed E-state index contributed by atoms with van der Waals surface area (Å²) in [4.78, 5) is 9.19. The maximum Gasteiger partial charge on any atom is 0.0346 e. The Kier molecular flexibility index (Phi) is 9.44. The van der Waals surface area contributed by atoms with Crippen molar-refractivity contribution in [1.82, 2.24) is 9.97 Å². The van der Waals surface area contributed by atoms with Crippen molar-refractivity contribution in [2.45, 2.75) is 43.9 Å². The van der Waals surface area contributed by atoms with E-state index in [0.717, 1.165) is 28.1 Å². The van der Waals surface area contributed by atoms with Gasteiger partial charge < -0.3 is 4.98 Å². The molecule has 3 heterocycles. The zero-order chi connectivity index (χ0) is 31.1. The summed E-state index contributed by atoms with van der Waals surface area (Å²) in [5.41, 5.74) is 6.34. The van der Waals surface area contributed by atoms with Gasteiger partial charge in [-0.2, -0.15) is 11.3 Å². The minimum absolute atomic E-state index is 0. The first-order valence-electron chi connectivity index (χ1n) is 15.2. The molecule has 0 aliphatic carbocycles. The molecule has 3 aromatic heterocycles. The van der Waals surface area contributed by atoms with Crippen LogP contribution in [0.15, 0.2) is 103 Å². The first-order valence-corrected chi connectivity index (χ1v) is 22.8. The third kappa shape index (κ3) is 6.60. The molecule has 0 saturated heterocycles. The van der Waals surface area contributed by atoms with Gasteiger partial charge in [-0.3, -0.25) is 0 Å². The van der Waals surface area contributed by atoms with Gasteiger partial charge in [0.05, 0.1) is 0 Å². The number of aromatic nitrogens is 2. The molecule has 1 radical (unpaired) electrons. The van der Waals surface area contributed by atoms with Gasteiger partial charge in [0, 0.05) is 32.4 Å². The summed E-state index contributed by atoms with van der Waals surface area (Å²) in [5, 5.41) is 5.10. The van der Waals surface area contributed by atoms with Gasteiger partial charge in [0.2, 0.25) is 0 Å². The van der Waals surface area contributed by atoms with E-state index < -0.39 is 19.2 Å². The predicted octanol–water partition coefficient (Wildman–Crippen LogP) is 10.6. The molecule has 4 aromatic carbocycles. The molecule has 0 aliphatic heterocycles. The van der Waals surface area contributed by atoms with Crippen LogP contribution in [0.2, 0.25) is 17.3 Å². The average Bonchev–Trinajstić information content (AvgIpc) is 3.40. The van der Waals surface area contributed by atoms with Crippen molar-refractivity contribution in [3.05, 3.63) is 127 Å². The Morgan fingerprint density at radius 3 is 2.34 bits per heavy atom. The minimum Gasteiger partial charge on any atom is -0.305 e. The van der Waals surface area contributed by atoms with Crippen LogP contribution in [0, 0.1) is 19.1 Å². The summed E-state index contributed by atoms with van der Waals surface area (Å²) in [7, 11) is 0. The third-order valence-corrected chi connectivity index (χ3v) is 13.5. The van der Waals surface area contributed by atoms with E-state index in [0.29, 0.717) is 0 Å². The molecule has 7 aromatic rings. The number of fused-ring (bicyclic) bond motifs is 5. The number of hydrogen-bond acceptors (Lipinski definition) is 3. The number of nitrogens with zero attached hydrogens (tertiary/aromatic N) is 2. The molecule has 0 atom stereocenters. The van der Waals surface area contributed by atoms with Gasteiger partial charge in [-0.1, -0.05) is 61.2 Å². The Morgan fingerprint density at radius 1 is 0.818 bits per heavy atom. The van der Waals surface area contributed by atoms with Crippen molar-refractivity contribution >= 4 is 59.9 Å². The Bertz CT molecular complexity index is 2110. The van der Waals surface area contributed by atoms with Crippen LogP contribution >= 0.6 is 11.3 Å². The molecule has 0 fully saturated rings. The normalized spacial score (nSPS) is 12.0. The molecule has 44 heavy (non-hydrogen) atoms. The second-order valence-corrected chi connectivity index (χ2v) is 23.8. The van der Waals surface area contributed by atoms with E-state index in [-0.39, 0.29) is 20.1 Å². The van der Waals surface area contributed by atoms with Crippen LogP contribution in [-0.2, 0) is 20.1 Å². The maximum absolute atomic E-state index is 8.34. The summed E-state index contributed by atoms with van der Waals surface area (Å²) in [6.45, 7) is 6.00. The Morgan fingerprint density at radius 2 is 1.61 bits per heavy atom. The largest absolute Gasteiger partial charge is 0.305 e. The van der Waals surface area contributed by atoms with Crippen molar-refractivity contribution in [3.63, 3.8) is 0 Å². The molecule has 2 nitrogen and oxygen atoms in total. The van der Waals surface area contributed by atoms with E-state index in [1.165, 1.54) is 40.9 Å². The van der Waals surface area contributed by atoms with Gasteiger partial charge in [-0.25, -0.2) is 0 Å². The average molecular weight is 831 g/mol. The fraction of sp³-hybridized carbons (Fsp3) is 0.179. The fourth-order valence-electron chi connectivity index (χ4n) is 5.62. The van der Waals surface area contributed by atoms with Gasteiger partial charge in [-0.05, 0) is 44.6 Å². The molecule has 0 amide bonds. The van der Waals surface area contributed by atoms with Gasteiger partial charge in [-0.15, -0.1) is 23.8 Å². The van der Waals surface area contributed by atoms with Crippen molar-refractivity contribution in [3.8, 4) is 22.5 Å². The van der Waals surface area contributed by atoms with E-state index >= 15 is 0 Å². The zero-order valence-electron chi connectivity index (χ0n) is 27.0. The van der Waals surface area contributed by atoms with E-state index in [4.69, 9.17) is 1.37 Å². The smallest absolute Gasteiger partial charge is 0.0346 e. The summed E-state index contributed by atoms with van der Waals surface area (Å²) in [6, 6.07) is 37.9. The summed E-state index contributed by atoms with van der Waals surface area (Å²) in [5.74, 6) is 6.55. The van der Waals surface area contributed by atoms with Crippen LogP contribution in [-0.4, -0.2) is 23.2 Å². The standard InChI is InChI=1S/C24H18NS.C15H18GeN.Ir/c1-15(2)17-12-13-25-21(14-17)19-8-5-9-20-23-18-7-4-3-6-16(18)10-11-22(23)26-24(19)20;1-12-10-15(13-8-6-5-7-9-13)17-11-14(12)16(2,3)4;/h3-7,9-15H,1-2H3;5-8,10-11H,1-4H3;/q2*-1;/i15D;;. The molecule has 7 rings (SSSR count). The second-order valence-electron chi connectivity index (χ2n) is 12.2. The second kappa shape index (κ2) is 13.5.